The summed E-state index contributed by atoms with van der Waals surface area (Å²) in [4.78, 5) is 10.8. The summed E-state index contributed by atoms with van der Waals surface area (Å²) in [5.74, 6) is -0.859. The Labute approximate surface area is 112 Å². The number of carboxylic acids is 1. The SMILES string of the molecule is Cc1cc(C)c(-n2nc(CC(=O)O)cc2C)c(C)c1. The first-order valence-corrected chi connectivity index (χ1v) is 6.24. The summed E-state index contributed by atoms with van der Waals surface area (Å²) in [5, 5.41) is 13.2. The van der Waals surface area contributed by atoms with Crippen LogP contribution in [0.4, 0.5) is 0 Å². The van der Waals surface area contributed by atoms with Crippen LogP contribution in [0.5, 0.6) is 0 Å². The van der Waals surface area contributed by atoms with Crippen molar-refractivity contribution in [3.05, 3.63) is 46.3 Å². The highest BCUT2D eigenvalue weighted by molar-refractivity contribution is 5.69. The number of aliphatic carboxylic acids is 1. The van der Waals surface area contributed by atoms with Crippen LogP contribution in [0.25, 0.3) is 5.69 Å². The van der Waals surface area contributed by atoms with Crippen molar-refractivity contribution >= 4 is 5.97 Å². The van der Waals surface area contributed by atoms with E-state index in [0.29, 0.717) is 5.69 Å². The van der Waals surface area contributed by atoms with E-state index < -0.39 is 5.97 Å². The lowest BCUT2D eigenvalue weighted by molar-refractivity contribution is -0.136. The fourth-order valence-corrected chi connectivity index (χ4v) is 2.51. The molecule has 1 aromatic carbocycles. The summed E-state index contributed by atoms with van der Waals surface area (Å²) in [6, 6.07) is 6.05. The Balaban J connectivity index is 2.53. The van der Waals surface area contributed by atoms with Gasteiger partial charge in [0, 0.05) is 5.69 Å². The molecule has 0 fully saturated rings. The zero-order valence-electron chi connectivity index (χ0n) is 11.7. The quantitative estimate of drug-likeness (QED) is 0.921. The Kier molecular flexibility index (Phi) is 3.42. The van der Waals surface area contributed by atoms with Crippen LogP contribution in [0.15, 0.2) is 18.2 Å². The van der Waals surface area contributed by atoms with Crippen molar-refractivity contribution in [2.24, 2.45) is 0 Å². The number of hydrogen-bond acceptors (Lipinski definition) is 2. The molecule has 2 rings (SSSR count). The predicted octanol–water partition coefficient (Wildman–Crippen LogP) is 2.73. The second-order valence-electron chi connectivity index (χ2n) is 5.01. The summed E-state index contributed by atoms with van der Waals surface area (Å²) in [7, 11) is 0. The average molecular weight is 258 g/mol. The Morgan fingerprint density at radius 1 is 1.16 bits per heavy atom. The molecule has 19 heavy (non-hydrogen) atoms. The van der Waals surface area contributed by atoms with Gasteiger partial charge in [-0.05, 0) is 44.9 Å². The molecule has 1 heterocycles. The van der Waals surface area contributed by atoms with Crippen LogP contribution >= 0.6 is 0 Å². The molecular weight excluding hydrogens is 240 g/mol. The van der Waals surface area contributed by atoms with E-state index in [9.17, 15) is 4.79 Å². The van der Waals surface area contributed by atoms with Gasteiger partial charge in [-0.1, -0.05) is 17.7 Å². The van der Waals surface area contributed by atoms with Crippen LogP contribution in [0, 0.1) is 27.7 Å². The zero-order valence-corrected chi connectivity index (χ0v) is 11.7. The van der Waals surface area contributed by atoms with Crippen LogP contribution in [0.2, 0.25) is 0 Å². The molecule has 0 aliphatic rings. The number of hydrogen-bond donors (Lipinski definition) is 1. The monoisotopic (exact) mass is 258 g/mol. The third kappa shape index (κ3) is 2.67. The van der Waals surface area contributed by atoms with Crippen LogP contribution in [-0.2, 0) is 11.2 Å². The summed E-state index contributed by atoms with van der Waals surface area (Å²) < 4.78 is 1.84. The lowest BCUT2D eigenvalue weighted by Gasteiger charge is -2.12. The maximum atomic E-state index is 10.8. The molecule has 0 spiro atoms. The highest BCUT2D eigenvalue weighted by Gasteiger charge is 2.13. The highest BCUT2D eigenvalue weighted by Crippen LogP contribution is 2.22. The first kappa shape index (κ1) is 13.3. The second kappa shape index (κ2) is 4.88. The summed E-state index contributed by atoms with van der Waals surface area (Å²) >= 11 is 0. The molecule has 100 valence electrons. The molecule has 0 saturated heterocycles. The van der Waals surface area contributed by atoms with Gasteiger partial charge in [-0.25, -0.2) is 4.68 Å². The van der Waals surface area contributed by atoms with Gasteiger partial charge in [-0.15, -0.1) is 0 Å². The van der Waals surface area contributed by atoms with E-state index in [1.807, 2.05) is 31.5 Å². The maximum Gasteiger partial charge on any atom is 0.309 e. The average Bonchev–Trinajstić information content (AvgIpc) is 2.57. The van der Waals surface area contributed by atoms with E-state index in [1.54, 1.807) is 0 Å². The van der Waals surface area contributed by atoms with E-state index in [0.717, 1.165) is 22.5 Å². The topological polar surface area (TPSA) is 55.1 Å². The van der Waals surface area contributed by atoms with Gasteiger partial charge in [0.25, 0.3) is 0 Å². The normalized spacial score (nSPS) is 10.7. The molecule has 4 heteroatoms. The van der Waals surface area contributed by atoms with Crippen molar-refractivity contribution in [1.82, 2.24) is 9.78 Å². The number of aromatic nitrogens is 2. The predicted molar refractivity (Wildman–Crippen MR) is 73.9 cm³/mol. The maximum absolute atomic E-state index is 10.8. The van der Waals surface area contributed by atoms with Gasteiger partial charge in [0.15, 0.2) is 0 Å². The molecule has 0 radical (unpaired) electrons. The number of benzene rings is 1. The van der Waals surface area contributed by atoms with Crippen molar-refractivity contribution < 1.29 is 9.90 Å². The zero-order chi connectivity index (χ0) is 14.2. The molecule has 0 saturated carbocycles. The number of carbonyl (C=O) groups is 1. The van der Waals surface area contributed by atoms with Gasteiger partial charge in [0.2, 0.25) is 0 Å². The Bertz CT molecular complexity index is 619. The van der Waals surface area contributed by atoms with Gasteiger partial charge in [0.05, 0.1) is 17.8 Å². The minimum absolute atomic E-state index is 0.0439. The molecule has 0 bridgehead atoms. The van der Waals surface area contributed by atoms with Crippen molar-refractivity contribution in [2.45, 2.75) is 34.1 Å². The molecule has 1 aromatic heterocycles. The summed E-state index contributed by atoms with van der Waals surface area (Å²) in [5.41, 5.74) is 6.08. The number of rotatable bonds is 3. The molecule has 0 aliphatic heterocycles. The Hall–Kier alpha value is -2.10. The lowest BCUT2D eigenvalue weighted by Crippen LogP contribution is -2.06. The second-order valence-corrected chi connectivity index (χ2v) is 5.01. The first-order chi connectivity index (χ1) is 8.88. The molecule has 4 nitrogen and oxygen atoms in total. The molecule has 0 amide bonds. The molecule has 0 atom stereocenters. The highest BCUT2D eigenvalue weighted by atomic mass is 16.4. The largest absolute Gasteiger partial charge is 0.481 e. The van der Waals surface area contributed by atoms with E-state index >= 15 is 0 Å². The Morgan fingerprint density at radius 3 is 2.26 bits per heavy atom. The Morgan fingerprint density at radius 2 is 1.74 bits per heavy atom. The van der Waals surface area contributed by atoms with Crippen molar-refractivity contribution in [3.63, 3.8) is 0 Å². The summed E-state index contributed by atoms with van der Waals surface area (Å²) in [6.07, 6.45) is -0.0439. The number of nitrogens with zero attached hydrogens (tertiary/aromatic N) is 2. The van der Waals surface area contributed by atoms with Crippen LogP contribution in [0.3, 0.4) is 0 Å². The third-order valence-electron chi connectivity index (χ3n) is 3.12. The smallest absolute Gasteiger partial charge is 0.309 e. The van der Waals surface area contributed by atoms with Crippen molar-refractivity contribution in [3.8, 4) is 5.69 Å². The standard InChI is InChI=1S/C15H18N2O2/c1-9-5-10(2)15(11(3)6-9)17-12(4)7-13(16-17)8-14(18)19/h5-7H,8H2,1-4H3,(H,18,19). The van der Waals surface area contributed by atoms with Gasteiger partial charge in [-0.2, -0.15) is 5.10 Å². The fraction of sp³-hybridized carbons (Fsp3) is 0.333. The molecular formula is C15H18N2O2. The van der Waals surface area contributed by atoms with Crippen LogP contribution < -0.4 is 0 Å². The van der Waals surface area contributed by atoms with Crippen LogP contribution in [0.1, 0.15) is 28.1 Å². The number of aryl methyl sites for hydroxylation is 4. The minimum atomic E-state index is -0.859. The van der Waals surface area contributed by atoms with Crippen LogP contribution in [-0.4, -0.2) is 20.9 Å². The minimum Gasteiger partial charge on any atom is -0.481 e. The van der Waals surface area contributed by atoms with Gasteiger partial charge < -0.3 is 5.11 Å². The molecule has 1 N–H and O–H groups in total. The fourth-order valence-electron chi connectivity index (χ4n) is 2.51. The summed E-state index contributed by atoms with van der Waals surface area (Å²) in [6.45, 7) is 8.10. The lowest BCUT2D eigenvalue weighted by atomic mass is 10.1. The number of carboxylic acid groups (broad SMARTS) is 1. The van der Waals surface area contributed by atoms with E-state index in [4.69, 9.17) is 5.11 Å². The third-order valence-corrected chi connectivity index (χ3v) is 3.12. The van der Waals surface area contributed by atoms with Gasteiger partial charge in [0.1, 0.15) is 0 Å². The van der Waals surface area contributed by atoms with Crippen molar-refractivity contribution in [1.29, 1.82) is 0 Å². The van der Waals surface area contributed by atoms with Gasteiger partial charge in [-0.3, -0.25) is 4.79 Å². The van der Waals surface area contributed by atoms with E-state index in [1.165, 1.54) is 5.56 Å². The van der Waals surface area contributed by atoms with E-state index in [2.05, 4.69) is 24.2 Å². The molecule has 0 unspecified atom stereocenters. The molecule has 0 aliphatic carbocycles. The van der Waals surface area contributed by atoms with E-state index in [-0.39, 0.29) is 6.42 Å². The van der Waals surface area contributed by atoms with Gasteiger partial charge >= 0.3 is 5.97 Å². The first-order valence-electron chi connectivity index (χ1n) is 6.24. The molecule has 2 aromatic rings. The van der Waals surface area contributed by atoms with Crippen molar-refractivity contribution in [2.75, 3.05) is 0 Å².